The highest BCUT2D eigenvalue weighted by atomic mass is 31.2. The molecule has 0 aliphatic carbocycles. The Labute approximate surface area is 176 Å². The number of nitrogens with one attached hydrogen (secondary N) is 1. The molecule has 0 aliphatic rings. The van der Waals surface area contributed by atoms with Gasteiger partial charge >= 0.3 is 7.60 Å². The smallest absolute Gasteiger partial charge is 0.357 e. The van der Waals surface area contributed by atoms with E-state index in [1.54, 1.807) is 0 Å². The summed E-state index contributed by atoms with van der Waals surface area (Å²) in [4.78, 5) is 0. The first-order chi connectivity index (χ1) is 13.7. The standard InChI is InChI=1S/C24H36NO3P/c1-18(2)16-27-29(26,28-17-19(3)4)24(25-23-10-8-7-9-11-23)22-14-12-21(13-15-22)20(5)6/h7-15,18-20,24-25H,16-17H2,1-6H3. The topological polar surface area (TPSA) is 47.6 Å². The van der Waals surface area contributed by atoms with E-state index < -0.39 is 13.4 Å². The average molecular weight is 418 g/mol. The van der Waals surface area contributed by atoms with E-state index in [9.17, 15) is 4.57 Å². The summed E-state index contributed by atoms with van der Waals surface area (Å²) >= 11 is 0. The van der Waals surface area contributed by atoms with Crippen molar-refractivity contribution in [1.82, 2.24) is 0 Å². The van der Waals surface area contributed by atoms with E-state index in [2.05, 4.69) is 31.3 Å². The molecule has 160 valence electrons. The molecule has 2 aromatic carbocycles. The van der Waals surface area contributed by atoms with Gasteiger partial charge in [-0.3, -0.25) is 4.57 Å². The minimum atomic E-state index is -3.47. The van der Waals surface area contributed by atoms with Crippen LogP contribution in [0.1, 0.15) is 64.4 Å². The van der Waals surface area contributed by atoms with Crippen LogP contribution < -0.4 is 5.32 Å². The van der Waals surface area contributed by atoms with E-state index >= 15 is 0 Å². The summed E-state index contributed by atoms with van der Waals surface area (Å²) < 4.78 is 26.0. The van der Waals surface area contributed by atoms with Gasteiger partial charge in [-0.1, -0.05) is 84.0 Å². The van der Waals surface area contributed by atoms with Crippen molar-refractivity contribution in [1.29, 1.82) is 0 Å². The fraction of sp³-hybridized carbons (Fsp3) is 0.500. The fourth-order valence-electron chi connectivity index (χ4n) is 2.79. The summed E-state index contributed by atoms with van der Waals surface area (Å²) in [6.45, 7) is 13.3. The van der Waals surface area contributed by atoms with Gasteiger partial charge < -0.3 is 14.4 Å². The lowest BCUT2D eigenvalue weighted by Crippen LogP contribution is -2.18. The Morgan fingerprint density at radius 1 is 0.759 bits per heavy atom. The van der Waals surface area contributed by atoms with Crippen LogP contribution in [0.15, 0.2) is 54.6 Å². The number of anilines is 1. The largest absolute Gasteiger partial charge is 0.368 e. The zero-order valence-electron chi connectivity index (χ0n) is 18.6. The molecular formula is C24H36NO3P. The molecule has 0 heterocycles. The van der Waals surface area contributed by atoms with E-state index in [1.807, 2.05) is 70.2 Å². The predicted octanol–water partition coefficient (Wildman–Crippen LogP) is 7.46. The van der Waals surface area contributed by atoms with Gasteiger partial charge in [0.2, 0.25) is 0 Å². The van der Waals surface area contributed by atoms with Gasteiger partial charge in [0, 0.05) is 5.69 Å². The third-order valence-corrected chi connectivity index (χ3v) is 6.57. The summed E-state index contributed by atoms with van der Waals surface area (Å²) in [5.74, 6) is 0.368. The van der Waals surface area contributed by atoms with Gasteiger partial charge in [-0.15, -0.1) is 0 Å². The number of hydrogen-bond acceptors (Lipinski definition) is 4. The average Bonchev–Trinajstić information content (AvgIpc) is 2.70. The van der Waals surface area contributed by atoms with Crippen molar-refractivity contribution in [3.63, 3.8) is 0 Å². The molecule has 0 spiro atoms. The van der Waals surface area contributed by atoms with E-state index in [1.165, 1.54) is 5.56 Å². The number of hydrogen-bond donors (Lipinski definition) is 1. The zero-order valence-corrected chi connectivity index (χ0v) is 19.5. The minimum absolute atomic E-state index is 0.256. The molecule has 0 aliphatic heterocycles. The van der Waals surface area contributed by atoms with Gasteiger partial charge in [-0.25, -0.2) is 0 Å². The normalized spacial score (nSPS) is 13.3. The maximum Gasteiger partial charge on any atom is 0.357 e. The van der Waals surface area contributed by atoms with Crippen molar-refractivity contribution < 1.29 is 13.6 Å². The molecule has 1 N–H and O–H groups in total. The summed E-state index contributed by atoms with van der Waals surface area (Å²) in [5, 5.41) is 3.42. The third-order valence-electron chi connectivity index (χ3n) is 4.49. The van der Waals surface area contributed by atoms with Crippen LogP contribution in [-0.4, -0.2) is 13.2 Å². The van der Waals surface area contributed by atoms with Gasteiger partial charge in [0.25, 0.3) is 0 Å². The molecule has 5 heteroatoms. The molecule has 0 aromatic heterocycles. The first-order valence-electron chi connectivity index (χ1n) is 10.5. The van der Waals surface area contributed by atoms with Crippen molar-refractivity contribution in [2.45, 2.75) is 53.2 Å². The van der Waals surface area contributed by atoms with Crippen molar-refractivity contribution in [3.8, 4) is 0 Å². The van der Waals surface area contributed by atoms with Crippen molar-refractivity contribution in [3.05, 3.63) is 65.7 Å². The molecule has 0 bridgehead atoms. The van der Waals surface area contributed by atoms with Gasteiger partial charge in [0.15, 0.2) is 5.78 Å². The van der Waals surface area contributed by atoms with Crippen molar-refractivity contribution in [2.75, 3.05) is 18.5 Å². The maximum atomic E-state index is 14.0. The molecule has 2 aromatic rings. The van der Waals surface area contributed by atoms with Gasteiger partial charge in [-0.05, 0) is 41.0 Å². The minimum Gasteiger partial charge on any atom is -0.368 e. The van der Waals surface area contributed by atoms with Crippen LogP contribution in [-0.2, 0) is 13.6 Å². The first-order valence-corrected chi connectivity index (χ1v) is 12.1. The Balaban J connectivity index is 2.43. The van der Waals surface area contributed by atoms with Crippen LogP contribution >= 0.6 is 7.60 Å². The summed E-state index contributed by atoms with van der Waals surface area (Å²) in [7, 11) is -3.47. The molecule has 0 amide bonds. The molecule has 0 fully saturated rings. The van der Waals surface area contributed by atoms with E-state index in [4.69, 9.17) is 9.05 Å². The highest BCUT2D eigenvalue weighted by Gasteiger charge is 2.38. The predicted molar refractivity (Wildman–Crippen MR) is 123 cm³/mol. The molecular weight excluding hydrogens is 381 g/mol. The number of rotatable bonds is 11. The van der Waals surface area contributed by atoms with Crippen LogP contribution in [0.4, 0.5) is 5.69 Å². The van der Waals surface area contributed by atoms with Crippen LogP contribution in [0.5, 0.6) is 0 Å². The van der Waals surface area contributed by atoms with Gasteiger partial charge in [0.1, 0.15) is 0 Å². The molecule has 1 unspecified atom stereocenters. The van der Waals surface area contributed by atoms with Crippen molar-refractivity contribution >= 4 is 13.3 Å². The maximum absolute atomic E-state index is 14.0. The Morgan fingerprint density at radius 2 is 1.24 bits per heavy atom. The molecule has 2 rings (SSSR count). The molecule has 0 saturated carbocycles. The summed E-state index contributed by atoms with van der Waals surface area (Å²) in [6, 6.07) is 18.0. The lowest BCUT2D eigenvalue weighted by Gasteiger charge is -2.30. The molecule has 0 radical (unpaired) electrons. The second-order valence-corrected chi connectivity index (χ2v) is 10.8. The Morgan fingerprint density at radius 3 is 1.69 bits per heavy atom. The Bertz CT molecular complexity index is 756. The number of para-hydroxylation sites is 1. The lowest BCUT2D eigenvalue weighted by atomic mass is 10.0. The zero-order chi connectivity index (χ0) is 21.4. The van der Waals surface area contributed by atoms with Gasteiger partial charge in [0.05, 0.1) is 13.2 Å². The fourth-order valence-corrected chi connectivity index (χ4v) is 5.02. The highest BCUT2D eigenvalue weighted by Crippen LogP contribution is 2.61. The van der Waals surface area contributed by atoms with Crippen LogP contribution in [0, 0.1) is 11.8 Å². The van der Waals surface area contributed by atoms with E-state index in [0.717, 1.165) is 11.3 Å². The molecule has 0 saturated heterocycles. The monoisotopic (exact) mass is 417 g/mol. The quantitative estimate of drug-likeness (QED) is 0.386. The first kappa shape index (κ1) is 23.7. The second kappa shape index (κ2) is 11.0. The van der Waals surface area contributed by atoms with E-state index in [-0.39, 0.29) is 11.8 Å². The number of benzene rings is 2. The summed E-state index contributed by atoms with van der Waals surface area (Å²) in [5.41, 5.74) is 3.02. The SMILES string of the molecule is CC(C)COP(=O)(OCC(C)C)C(Nc1ccccc1)c1ccc(C(C)C)cc1. The van der Waals surface area contributed by atoms with Crippen LogP contribution in [0.2, 0.25) is 0 Å². The lowest BCUT2D eigenvalue weighted by molar-refractivity contribution is 0.168. The van der Waals surface area contributed by atoms with Gasteiger partial charge in [-0.2, -0.15) is 0 Å². The Hall–Kier alpha value is -1.61. The molecule has 29 heavy (non-hydrogen) atoms. The highest BCUT2D eigenvalue weighted by molar-refractivity contribution is 7.54. The summed E-state index contributed by atoms with van der Waals surface area (Å²) in [6.07, 6.45) is 0. The molecule has 1 atom stereocenters. The Kier molecular flexibility index (Phi) is 8.95. The second-order valence-electron chi connectivity index (χ2n) is 8.65. The van der Waals surface area contributed by atoms with Crippen LogP contribution in [0.25, 0.3) is 0 Å². The third kappa shape index (κ3) is 7.29. The van der Waals surface area contributed by atoms with E-state index in [0.29, 0.717) is 19.1 Å². The van der Waals surface area contributed by atoms with Crippen LogP contribution in [0.3, 0.4) is 0 Å². The molecule has 4 nitrogen and oxygen atoms in total. The van der Waals surface area contributed by atoms with Crippen molar-refractivity contribution in [2.24, 2.45) is 11.8 Å².